The molecule has 162 valence electrons. The lowest BCUT2D eigenvalue weighted by atomic mass is 10.00. The smallest absolute Gasteiger partial charge is 0.344 e. The number of benzene rings is 5. The van der Waals surface area contributed by atoms with E-state index < -0.39 is 0 Å². The maximum Gasteiger partial charge on any atom is 0.344 e. The van der Waals surface area contributed by atoms with Crippen molar-refractivity contribution in [2.75, 3.05) is 11.5 Å². The van der Waals surface area contributed by atoms with Crippen LogP contribution in [0.4, 0.5) is 0 Å². The predicted molar refractivity (Wildman–Crippen MR) is 140 cm³/mol. The molecule has 1 fully saturated rings. The van der Waals surface area contributed by atoms with Crippen molar-refractivity contribution in [1.82, 2.24) is 0 Å². The third kappa shape index (κ3) is 3.77. The molecule has 0 radical (unpaired) electrons. The van der Waals surface area contributed by atoms with E-state index in [0.717, 1.165) is 21.5 Å². The highest BCUT2D eigenvalue weighted by Crippen LogP contribution is 2.35. The Morgan fingerprint density at radius 1 is 0.636 bits per heavy atom. The number of rotatable bonds is 3. The van der Waals surface area contributed by atoms with Gasteiger partial charge < -0.3 is 4.74 Å². The second kappa shape index (κ2) is 8.57. The van der Waals surface area contributed by atoms with Crippen molar-refractivity contribution in [2.24, 2.45) is 0 Å². The van der Waals surface area contributed by atoms with E-state index in [2.05, 4.69) is 48.5 Å². The summed E-state index contributed by atoms with van der Waals surface area (Å²) in [6.07, 6.45) is 3.96. The van der Waals surface area contributed by atoms with Crippen LogP contribution in [0.5, 0.6) is 5.75 Å². The number of hydrogen-bond acceptors (Lipinski definition) is 2. The minimum absolute atomic E-state index is 0.288. The van der Waals surface area contributed by atoms with E-state index in [9.17, 15) is 4.79 Å². The zero-order valence-electron chi connectivity index (χ0n) is 18.4. The molecule has 5 aromatic carbocycles. The number of carbonyl (C=O) groups excluding carboxylic acids is 1. The molecule has 0 atom stereocenters. The molecule has 0 spiro atoms. The fourth-order valence-electron chi connectivity index (χ4n) is 4.94. The van der Waals surface area contributed by atoms with Crippen LogP contribution in [0.25, 0.3) is 32.3 Å². The number of esters is 1. The third-order valence-corrected chi connectivity index (χ3v) is 9.15. The molecule has 2 nitrogen and oxygen atoms in total. The zero-order chi connectivity index (χ0) is 22.2. The van der Waals surface area contributed by atoms with Gasteiger partial charge in [0.25, 0.3) is 0 Å². The normalized spacial score (nSPS) is 14.7. The van der Waals surface area contributed by atoms with E-state index in [1.165, 1.54) is 46.4 Å². The van der Waals surface area contributed by atoms with Gasteiger partial charge in [-0.15, -0.1) is 0 Å². The molecule has 5 aromatic rings. The SMILES string of the molecule is O=C(Oc1ccc([S+]2CCCCC2)c2ccccc12)c1cccc2cc3ccccc3cc12. The Bertz CT molecular complexity index is 1500. The number of hydrogen-bond donors (Lipinski definition) is 0. The Kier molecular flexibility index (Phi) is 5.27. The third-order valence-electron chi connectivity index (χ3n) is 6.61. The summed E-state index contributed by atoms with van der Waals surface area (Å²) in [5, 5.41) is 6.49. The van der Waals surface area contributed by atoms with Crippen LogP contribution in [-0.2, 0) is 10.9 Å². The van der Waals surface area contributed by atoms with Crippen LogP contribution >= 0.6 is 0 Å². The monoisotopic (exact) mass is 449 g/mol. The van der Waals surface area contributed by atoms with Crippen LogP contribution in [0, 0.1) is 0 Å². The quantitative estimate of drug-likeness (QED) is 0.123. The standard InChI is InChI=1S/C30H25O2S/c31-30(26-14-8-11-23-19-21-9-2-3-10-22(21)20-27(23)26)32-28-15-16-29(33-17-6-1-7-18-33)25-13-5-4-12-24(25)28/h2-5,8-16,19-20H,1,6-7,17-18H2/q+1. The Morgan fingerprint density at radius 3 is 2.15 bits per heavy atom. The maximum atomic E-state index is 13.4. The van der Waals surface area contributed by atoms with Crippen molar-refractivity contribution < 1.29 is 9.53 Å². The van der Waals surface area contributed by atoms with E-state index in [0.29, 0.717) is 11.3 Å². The summed E-state index contributed by atoms with van der Waals surface area (Å²) >= 11 is 0. The molecule has 33 heavy (non-hydrogen) atoms. The molecule has 1 aliphatic heterocycles. The van der Waals surface area contributed by atoms with Crippen LogP contribution in [0.15, 0.2) is 95.9 Å². The molecular weight excluding hydrogens is 424 g/mol. The van der Waals surface area contributed by atoms with E-state index in [-0.39, 0.29) is 16.9 Å². The Morgan fingerprint density at radius 2 is 1.33 bits per heavy atom. The van der Waals surface area contributed by atoms with Gasteiger partial charge in [-0.05, 0) is 77.2 Å². The first-order valence-corrected chi connectivity index (χ1v) is 13.2. The summed E-state index contributed by atoms with van der Waals surface area (Å²) in [6.45, 7) is 0. The molecule has 0 aromatic heterocycles. The molecule has 0 bridgehead atoms. The first-order chi connectivity index (χ1) is 16.3. The largest absolute Gasteiger partial charge is 0.422 e. The van der Waals surface area contributed by atoms with Gasteiger partial charge in [0.15, 0.2) is 4.90 Å². The van der Waals surface area contributed by atoms with Crippen molar-refractivity contribution in [3.05, 3.63) is 96.6 Å². The number of ether oxygens (including phenoxy) is 1. The zero-order valence-corrected chi connectivity index (χ0v) is 19.2. The molecular formula is C30H25O2S+. The van der Waals surface area contributed by atoms with Crippen molar-refractivity contribution >= 4 is 49.2 Å². The fourth-order valence-corrected chi connectivity index (χ4v) is 7.43. The molecule has 0 aliphatic carbocycles. The van der Waals surface area contributed by atoms with Crippen molar-refractivity contribution in [3.8, 4) is 5.75 Å². The Hall–Kier alpha value is -3.30. The van der Waals surface area contributed by atoms with Gasteiger partial charge in [-0.1, -0.05) is 54.6 Å². The summed E-state index contributed by atoms with van der Waals surface area (Å²) in [7, 11) is 0.288. The topological polar surface area (TPSA) is 26.3 Å². The molecule has 0 unspecified atom stereocenters. The molecule has 1 heterocycles. The number of carbonyl (C=O) groups is 1. The molecule has 0 amide bonds. The lowest BCUT2D eigenvalue weighted by Crippen LogP contribution is -2.18. The Balaban J connectivity index is 1.40. The second-order valence-electron chi connectivity index (χ2n) is 8.68. The highest BCUT2D eigenvalue weighted by atomic mass is 32.2. The lowest BCUT2D eigenvalue weighted by molar-refractivity contribution is 0.0739. The van der Waals surface area contributed by atoms with E-state index in [1.54, 1.807) is 0 Å². The molecule has 1 aliphatic rings. The van der Waals surface area contributed by atoms with Crippen molar-refractivity contribution in [3.63, 3.8) is 0 Å². The lowest BCUT2D eigenvalue weighted by Gasteiger charge is -2.16. The summed E-state index contributed by atoms with van der Waals surface area (Å²) in [4.78, 5) is 14.8. The first-order valence-electron chi connectivity index (χ1n) is 11.6. The molecule has 0 N–H and O–H groups in total. The van der Waals surface area contributed by atoms with Crippen molar-refractivity contribution in [1.29, 1.82) is 0 Å². The van der Waals surface area contributed by atoms with Gasteiger partial charge in [0, 0.05) is 21.7 Å². The summed E-state index contributed by atoms with van der Waals surface area (Å²) in [6, 6.07) is 30.8. The van der Waals surface area contributed by atoms with Crippen LogP contribution < -0.4 is 4.74 Å². The average Bonchev–Trinajstić information content (AvgIpc) is 2.87. The molecule has 3 heteroatoms. The van der Waals surface area contributed by atoms with Crippen LogP contribution in [0.3, 0.4) is 0 Å². The van der Waals surface area contributed by atoms with Crippen LogP contribution in [-0.4, -0.2) is 17.5 Å². The van der Waals surface area contributed by atoms with E-state index in [1.807, 2.05) is 42.5 Å². The van der Waals surface area contributed by atoms with Crippen LogP contribution in [0.2, 0.25) is 0 Å². The van der Waals surface area contributed by atoms with E-state index in [4.69, 9.17) is 4.74 Å². The predicted octanol–water partition coefficient (Wildman–Crippen LogP) is 7.53. The highest BCUT2D eigenvalue weighted by molar-refractivity contribution is 7.97. The maximum absolute atomic E-state index is 13.4. The van der Waals surface area contributed by atoms with Gasteiger partial charge in [0.05, 0.1) is 5.56 Å². The van der Waals surface area contributed by atoms with Gasteiger partial charge in [0.1, 0.15) is 17.3 Å². The molecule has 0 saturated carbocycles. The summed E-state index contributed by atoms with van der Waals surface area (Å²) < 4.78 is 6.04. The second-order valence-corrected chi connectivity index (χ2v) is 10.9. The highest BCUT2D eigenvalue weighted by Gasteiger charge is 2.27. The minimum Gasteiger partial charge on any atom is -0.422 e. The van der Waals surface area contributed by atoms with E-state index >= 15 is 0 Å². The minimum atomic E-state index is -0.311. The van der Waals surface area contributed by atoms with Gasteiger partial charge in [0.2, 0.25) is 0 Å². The van der Waals surface area contributed by atoms with Crippen molar-refractivity contribution in [2.45, 2.75) is 24.2 Å². The van der Waals surface area contributed by atoms with Gasteiger partial charge >= 0.3 is 5.97 Å². The summed E-state index contributed by atoms with van der Waals surface area (Å²) in [5.74, 6) is 2.87. The number of fused-ring (bicyclic) bond motifs is 3. The average molecular weight is 450 g/mol. The van der Waals surface area contributed by atoms with Gasteiger partial charge in [-0.2, -0.15) is 0 Å². The van der Waals surface area contributed by atoms with Crippen LogP contribution in [0.1, 0.15) is 29.6 Å². The molecule has 1 saturated heterocycles. The van der Waals surface area contributed by atoms with Gasteiger partial charge in [-0.3, -0.25) is 0 Å². The fraction of sp³-hybridized carbons (Fsp3) is 0.167. The Labute approximate surface area is 196 Å². The summed E-state index contributed by atoms with van der Waals surface area (Å²) in [5.41, 5.74) is 0.598. The first kappa shape index (κ1) is 20.3. The van der Waals surface area contributed by atoms with Gasteiger partial charge in [-0.25, -0.2) is 4.79 Å². The molecule has 6 rings (SSSR count).